The molecule has 0 aromatic heterocycles. The van der Waals surface area contributed by atoms with Crippen LogP contribution in [0.5, 0.6) is 0 Å². The molecule has 2 aliphatic rings. The van der Waals surface area contributed by atoms with Crippen LogP contribution < -0.4 is 0 Å². The Morgan fingerprint density at radius 1 is 1.21 bits per heavy atom. The van der Waals surface area contributed by atoms with E-state index in [9.17, 15) is 0 Å². The van der Waals surface area contributed by atoms with Gasteiger partial charge >= 0.3 is 0 Å². The molecule has 1 nitrogen and oxygen atoms in total. The van der Waals surface area contributed by atoms with Crippen LogP contribution in [-0.2, 0) is 0 Å². The minimum Gasteiger partial charge on any atom is -0.304 e. The lowest BCUT2D eigenvalue weighted by Crippen LogP contribution is -2.48. The lowest BCUT2D eigenvalue weighted by molar-refractivity contribution is -0.0296. The Morgan fingerprint density at radius 3 is 2.21 bits per heavy atom. The molecule has 1 saturated carbocycles. The van der Waals surface area contributed by atoms with E-state index in [2.05, 4.69) is 25.7 Å². The van der Waals surface area contributed by atoms with Gasteiger partial charge in [-0.25, -0.2) is 0 Å². The Bertz CT molecular complexity index is 181. The average Bonchev–Trinajstić information content (AvgIpc) is 2.14. The maximum Gasteiger partial charge on any atom is -0.00135 e. The summed E-state index contributed by atoms with van der Waals surface area (Å²) >= 11 is 0. The van der Waals surface area contributed by atoms with E-state index < -0.39 is 0 Å². The van der Waals surface area contributed by atoms with Crippen molar-refractivity contribution in [3.63, 3.8) is 0 Å². The van der Waals surface area contributed by atoms with Gasteiger partial charge in [0, 0.05) is 0 Å². The Labute approximate surface area is 88.9 Å². The van der Waals surface area contributed by atoms with E-state index in [1.807, 2.05) is 0 Å². The fourth-order valence-electron chi connectivity index (χ4n) is 3.28. The molecule has 1 spiro atoms. The van der Waals surface area contributed by atoms with Crippen molar-refractivity contribution in [1.29, 1.82) is 0 Å². The van der Waals surface area contributed by atoms with Crippen LogP contribution in [0, 0.1) is 17.3 Å². The molecule has 0 unspecified atom stereocenters. The fourth-order valence-corrected chi connectivity index (χ4v) is 3.28. The highest BCUT2D eigenvalue weighted by Crippen LogP contribution is 2.54. The first-order valence-corrected chi connectivity index (χ1v) is 6.37. The summed E-state index contributed by atoms with van der Waals surface area (Å²) in [5, 5.41) is 0. The molecule has 1 heterocycles. The van der Waals surface area contributed by atoms with Crippen molar-refractivity contribution in [3.8, 4) is 0 Å². The first kappa shape index (κ1) is 10.5. The summed E-state index contributed by atoms with van der Waals surface area (Å²) in [6.07, 6.45) is 6.01. The van der Waals surface area contributed by atoms with Crippen LogP contribution in [0.1, 0.15) is 46.5 Å². The molecule has 2 rings (SSSR count). The third-order valence-electron chi connectivity index (χ3n) is 4.70. The van der Waals surface area contributed by atoms with Crippen LogP contribution in [0.3, 0.4) is 0 Å². The van der Waals surface area contributed by atoms with Gasteiger partial charge in [-0.05, 0) is 62.6 Å². The second-order valence-corrected chi connectivity index (χ2v) is 5.85. The second-order valence-electron chi connectivity index (χ2n) is 5.85. The van der Waals surface area contributed by atoms with E-state index in [1.54, 1.807) is 0 Å². The van der Waals surface area contributed by atoms with Crippen LogP contribution in [0.2, 0.25) is 0 Å². The molecule has 0 aromatic rings. The Morgan fingerprint density at radius 2 is 1.79 bits per heavy atom. The number of hydrogen-bond acceptors (Lipinski definition) is 1. The molecule has 1 aliphatic heterocycles. The van der Waals surface area contributed by atoms with E-state index in [0.29, 0.717) is 0 Å². The molecule has 0 bridgehead atoms. The molecular weight excluding hydrogens is 170 g/mol. The first-order chi connectivity index (χ1) is 6.65. The molecular formula is C13H25N. The minimum absolute atomic E-state index is 0.792. The van der Waals surface area contributed by atoms with Gasteiger partial charge in [-0.3, -0.25) is 0 Å². The molecule has 0 atom stereocenters. The average molecular weight is 195 g/mol. The standard InChI is InChI=1S/C13H25N/c1-4-14-7-5-13(6-8-14)9-12(10-13)11(2)3/h11-12H,4-10H2,1-3H3. The SMILES string of the molecule is CCN1CCC2(CC1)CC(C(C)C)C2. The van der Waals surface area contributed by atoms with Crippen molar-refractivity contribution in [3.05, 3.63) is 0 Å². The van der Waals surface area contributed by atoms with E-state index in [0.717, 1.165) is 17.3 Å². The molecule has 0 aromatic carbocycles. The van der Waals surface area contributed by atoms with Crippen LogP contribution in [0.25, 0.3) is 0 Å². The number of rotatable bonds is 2. The van der Waals surface area contributed by atoms with Gasteiger partial charge in [-0.2, -0.15) is 0 Å². The van der Waals surface area contributed by atoms with E-state index in [4.69, 9.17) is 0 Å². The van der Waals surface area contributed by atoms with Crippen molar-refractivity contribution in [2.75, 3.05) is 19.6 Å². The lowest BCUT2D eigenvalue weighted by Gasteiger charge is -2.53. The quantitative estimate of drug-likeness (QED) is 0.654. The Hall–Kier alpha value is -0.0400. The van der Waals surface area contributed by atoms with Crippen molar-refractivity contribution < 1.29 is 0 Å². The van der Waals surface area contributed by atoms with Crippen LogP contribution >= 0.6 is 0 Å². The monoisotopic (exact) mass is 195 g/mol. The van der Waals surface area contributed by atoms with Gasteiger partial charge in [0.1, 0.15) is 0 Å². The van der Waals surface area contributed by atoms with E-state index in [-0.39, 0.29) is 0 Å². The molecule has 0 radical (unpaired) electrons. The minimum atomic E-state index is 0.792. The summed E-state index contributed by atoms with van der Waals surface area (Å²) in [5.41, 5.74) is 0.792. The highest BCUT2D eigenvalue weighted by Gasteiger charge is 2.46. The third-order valence-corrected chi connectivity index (χ3v) is 4.70. The largest absolute Gasteiger partial charge is 0.304 e. The van der Waals surface area contributed by atoms with Gasteiger partial charge in [0.05, 0.1) is 0 Å². The van der Waals surface area contributed by atoms with Gasteiger partial charge in [0.15, 0.2) is 0 Å². The van der Waals surface area contributed by atoms with Gasteiger partial charge in [0.25, 0.3) is 0 Å². The van der Waals surface area contributed by atoms with E-state index >= 15 is 0 Å². The molecule has 82 valence electrons. The van der Waals surface area contributed by atoms with Crippen LogP contribution in [0.15, 0.2) is 0 Å². The maximum absolute atomic E-state index is 2.61. The zero-order valence-corrected chi connectivity index (χ0v) is 10.1. The van der Waals surface area contributed by atoms with Gasteiger partial charge in [-0.1, -0.05) is 20.8 Å². The van der Waals surface area contributed by atoms with Gasteiger partial charge < -0.3 is 4.90 Å². The summed E-state index contributed by atoms with van der Waals surface area (Å²) in [5.74, 6) is 1.97. The predicted molar refractivity (Wildman–Crippen MR) is 61.3 cm³/mol. The zero-order valence-electron chi connectivity index (χ0n) is 10.1. The fraction of sp³-hybridized carbons (Fsp3) is 1.00. The molecule has 1 saturated heterocycles. The molecule has 2 fully saturated rings. The number of nitrogens with zero attached hydrogens (tertiary/aromatic N) is 1. The topological polar surface area (TPSA) is 3.24 Å². The molecule has 1 heteroatoms. The molecule has 14 heavy (non-hydrogen) atoms. The summed E-state index contributed by atoms with van der Waals surface area (Å²) in [7, 11) is 0. The Kier molecular flexibility index (Phi) is 2.88. The summed E-state index contributed by atoms with van der Waals surface area (Å²) in [4.78, 5) is 2.61. The van der Waals surface area contributed by atoms with Gasteiger partial charge in [0.2, 0.25) is 0 Å². The van der Waals surface area contributed by atoms with Crippen molar-refractivity contribution >= 4 is 0 Å². The van der Waals surface area contributed by atoms with E-state index in [1.165, 1.54) is 45.3 Å². The number of piperidine rings is 1. The molecule has 0 N–H and O–H groups in total. The zero-order chi connectivity index (χ0) is 10.2. The Balaban J connectivity index is 1.80. The summed E-state index contributed by atoms with van der Waals surface area (Å²) in [6.45, 7) is 11.0. The summed E-state index contributed by atoms with van der Waals surface area (Å²) in [6, 6.07) is 0. The number of hydrogen-bond donors (Lipinski definition) is 0. The third kappa shape index (κ3) is 1.84. The van der Waals surface area contributed by atoms with Crippen molar-refractivity contribution in [2.24, 2.45) is 17.3 Å². The maximum atomic E-state index is 2.61. The van der Waals surface area contributed by atoms with Crippen molar-refractivity contribution in [2.45, 2.75) is 46.5 Å². The highest BCUT2D eigenvalue weighted by molar-refractivity contribution is 4.97. The van der Waals surface area contributed by atoms with Gasteiger partial charge in [-0.15, -0.1) is 0 Å². The molecule has 0 amide bonds. The number of likely N-dealkylation sites (tertiary alicyclic amines) is 1. The normalized spacial score (nSPS) is 28.3. The second kappa shape index (κ2) is 3.84. The summed E-state index contributed by atoms with van der Waals surface area (Å²) < 4.78 is 0. The smallest absolute Gasteiger partial charge is 0.00135 e. The molecule has 1 aliphatic carbocycles. The van der Waals surface area contributed by atoms with Crippen molar-refractivity contribution in [1.82, 2.24) is 4.90 Å². The lowest BCUT2D eigenvalue weighted by atomic mass is 9.55. The van der Waals surface area contributed by atoms with Crippen LogP contribution in [0.4, 0.5) is 0 Å². The predicted octanol–water partition coefficient (Wildman–Crippen LogP) is 3.15. The van der Waals surface area contributed by atoms with Crippen LogP contribution in [-0.4, -0.2) is 24.5 Å². The highest BCUT2D eigenvalue weighted by atomic mass is 15.1. The first-order valence-electron chi connectivity index (χ1n) is 6.37.